The lowest BCUT2D eigenvalue weighted by Gasteiger charge is -2.21. The van der Waals surface area contributed by atoms with Gasteiger partial charge < -0.3 is 19.6 Å². The Morgan fingerprint density at radius 1 is 1.24 bits per heavy atom. The number of benzene rings is 1. The minimum Gasteiger partial charge on any atom is -0.468 e. The predicted molar refractivity (Wildman–Crippen MR) is 119 cm³/mol. The van der Waals surface area contributed by atoms with Crippen molar-refractivity contribution < 1.29 is 32.4 Å². The number of carbonyl (C=O) groups excluding carboxylic acids is 1. The second-order valence-corrected chi connectivity index (χ2v) is 10.5. The number of ether oxygens (including phenoxy) is 2. The summed E-state index contributed by atoms with van der Waals surface area (Å²) in [4.78, 5) is 36.0. The smallest absolute Gasteiger partial charge is 0.468 e. The van der Waals surface area contributed by atoms with Crippen LogP contribution in [0.5, 0.6) is 5.88 Å². The summed E-state index contributed by atoms with van der Waals surface area (Å²) >= 11 is 0. The van der Waals surface area contributed by atoms with Crippen molar-refractivity contribution in [3.05, 3.63) is 40.7 Å². The van der Waals surface area contributed by atoms with Gasteiger partial charge in [0, 0.05) is 24.9 Å². The zero-order valence-electron chi connectivity index (χ0n) is 19.0. The maximum absolute atomic E-state index is 11.8. The zero-order valence-corrected chi connectivity index (χ0v) is 19.9. The molecule has 0 radical (unpaired) electrons. The molecule has 14 heteroatoms. The van der Waals surface area contributed by atoms with E-state index in [9.17, 15) is 23.3 Å². The molecule has 1 atom stereocenters. The van der Waals surface area contributed by atoms with Crippen molar-refractivity contribution in [2.45, 2.75) is 43.8 Å². The summed E-state index contributed by atoms with van der Waals surface area (Å²) in [5, 5.41) is 15.9. The molecule has 1 N–H and O–H groups in total. The molecule has 1 saturated heterocycles. The summed E-state index contributed by atoms with van der Waals surface area (Å²) < 4.78 is 34.1. The van der Waals surface area contributed by atoms with Crippen LogP contribution in [0.15, 0.2) is 35.5 Å². The summed E-state index contributed by atoms with van der Waals surface area (Å²) in [7, 11) is -3.38. The molecule has 0 aliphatic carbocycles. The molecule has 1 aliphatic rings. The van der Waals surface area contributed by atoms with Crippen LogP contribution in [0.1, 0.15) is 27.2 Å². The fraction of sp³-hybridized carbons (Fsp3) is 0.450. The quantitative estimate of drug-likeness (QED) is 0.340. The summed E-state index contributed by atoms with van der Waals surface area (Å²) in [6, 6.07) is 5.68. The van der Waals surface area contributed by atoms with Crippen LogP contribution in [0.2, 0.25) is 0 Å². The third kappa shape index (κ3) is 6.74. The van der Waals surface area contributed by atoms with Crippen LogP contribution in [0.3, 0.4) is 0 Å². The van der Waals surface area contributed by atoms with Gasteiger partial charge >= 0.3 is 11.8 Å². The summed E-state index contributed by atoms with van der Waals surface area (Å²) in [6.45, 7) is 5.65. The topological polar surface area (TPSA) is 163 Å². The van der Waals surface area contributed by atoms with Crippen molar-refractivity contribution in [3.8, 4) is 5.88 Å². The number of hydrogen-bond acceptors (Lipinski definition) is 12. The molecule has 0 bridgehead atoms. The predicted octanol–water partition coefficient (Wildman–Crippen LogP) is 2.85. The third-order valence-corrected chi connectivity index (χ3v) is 5.62. The molecular weight excluding hydrogens is 470 g/mol. The Balaban J connectivity index is 1.71. The van der Waals surface area contributed by atoms with E-state index in [1.807, 2.05) is 0 Å². The molecule has 1 aromatic heterocycles. The van der Waals surface area contributed by atoms with E-state index >= 15 is 0 Å². The van der Waals surface area contributed by atoms with Crippen LogP contribution < -0.4 is 10.1 Å². The number of hydrogen-bond donors (Lipinski definition) is 1. The molecule has 1 unspecified atom stereocenters. The number of anilines is 2. The number of nitrogens with one attached hydrogen (secondary N) is 1. The second-order valence-electron chi connectivity index (χ2n) is 8.53. The van der Waals surface area contributed by atoms with Crippen LogP contribution in [-0.4, -0.2) is 65.6 Å². The van der Waals surface area contributed by atoms with Crippen LogP contribution in [0, 0.1) is 10.1 Å². The average Bonchev–Trinajstić information content (AvgIpc) is 3.12. The van der Waals surface area contributed by atoms with Gasteiger partial charge in [-0.3, -0.25) is 10.1 Å². The first-order valence-electron chi connectivity index (χ1n) is 10.2. The minimum atomic E-state index is -3.38. The van der Waals surface area contributed by atoms with E-state index in [0.717, 1.165) is 12.6 Å². The number of sulfone groups is 1. The largest absolute Gasteiger partial charge is 0.528 e. The molecule has 34 heavy (non-hydrogen) atoms. The summed E-state index contributed by atoms with van der Waals surface area (Å²) in [5.41, 5.74) is -0.804. The molecule has 2 aromatic rings. The van der Waals surface area contributed by atoms with Crippen LogP contribution in [-0.2, 0) is 19.4 Å². The van der Waals surface area contributed by atoms with Crippen molar-refractivity contribution in [3.63, 3.8) is 0 Å². The van der Waals surface area contributed by atoms with Gasteiger partial charge in [-0.05, 0) is 45.0 Å². The van der Waals surface area contributed by atoms with Gasteiger partial charge in [0.05, 0.1) is 16.4 Å². The van der Waals surface area contributed by atoms with Crippen LogP contribution >= 0.6 is 0 Å². The van der Waals surface area contributed by atoms with E-state index < -0.39 is 38.3 Å². The van der Waals surface area contributed by atoms with Gasteiger partial charge in [0.25, 0.3) is 5.88 Å². The van der Waals surface area contributed by atoms with E-state index in [2.05, 4.69) is 15.3 Å². The molecule has 0 spiro atoms. The van der Waals surface area contributed by atoms with Crippen molar-refractivity contribution in [1.29, 1.82) is 0 Å². The van der Waals surface area contributed by atoms with E-state index in [-0.39, 0.29) is 23.1 Å². The molecule has 0 amide bonds. The lowest BCUT2D eigenvalue weighted by atomic mass is 10.2. The van der Waals surface area contributed by atoms with Gasteiger partial charge in [-0.2, -0.15) is 4.98 Å². The van der Waals surface area contributed by atoms with E-state index in [4.69, 9.17) is 14.3 Å². The number of aromatic nitrogens is 2. The fourth-order valence-electron chi connectivity index (χ4n) is 3.04. The standard InChI is InChI=1S/C20H25N5O8S/c1-20(2,3)32-19(26)33-24-10-9-14(11-24)31-18-16(25(27)28)17(21-12-22-18)23-13-5-7-15(8-6-13)34(4,29)30/h5-8,12,14H,9-11H2,1-4H3,(H,21,22,23). The monoisotopic (exact) mass is 495 g/mol. The number of nitrogens with zero attached hydrogens (tertiary/aromatic N) is 4. The maximum Gasteiger partial charge on any atom is 0.528 e. The number of rotatable bonds is 7. The maximum atomic E-state index is 11.8. The highest BCUT2D eigenvalue weighted by Crippen LogP contribution is 2.34. The molecule has 1 aliphatic heterocycles. The fourth-order valence-corrected chi connectivity index (χ4v) is 3.67. The van der Waals surface area contributed by atoms with Gasteiger partial charge in [-0.15, -0.1) is 5.06 Å². The van der Waals surface area contributed by atoms with Crippen molar-refractivity contribution in [1.82, 2.24) is 15.0 Å². The Labute approximate surface area is 196 Å². The van der Waals surface area contributed by atoms with Gasteiger partial charge in [0.1, 0.15) is 18.0 Å². The lowest BCUT2D eigenvalue weighted by molar-refractivity contribution is -0.385. The molecule has 2 heterocycles. The van der Waals surface area contributed by atoms with Crippen molar-refractivity contribution in [2.75, 3.05) is 24.7 Å². The first kappa shape index (κ1) is 25.1. The van der Waals surface area contributed by atoms with Gasteiger partial charge in [-0.1, -0.05) is 0 Å². The van der Waals surface area contributed by atoms with Crippen LogP contribution in [0.4, 0.5) is 22.0 Å². The molecule has 3 rings (SSSR count). The van der Waals surface area contributed by atoms with Crippen molar-refractivity contribution in [2.24, 2.45) is 0 Å². The number of nitro groups is 1. The molecule has 0 saturated carbocycles. The van der Waals surface area contributed by atoms with Crippen LogP contribution in [0.25, 0.3) is 0 Å². The SMILES string of the molecule is CC(C)(C)OC(=O)ON1CCC(Oc2ncnc(Nc3ccc(S(C)(=O)=O)cc3)c2[N+](=O)[O-])C1. The molecule has 184 valence electrons. The summed E-state index contributed by atoms with van der Waals surface area (Å²) in [6.07, 6.45) is 1.24. The molecule has 1 aromatic carbocycles. The lowest BCUT2D eigenvalue weighted by Crippen LogP contribution is -2.32. The summed E-state index contributed by atoms with van der Waals surface area (Å²) in [5.74, 6) is -0.374. The first-order valence-corrected chi connectivity index (χ1v) is 12.1. The first-order chi connectivity index (χ1) is 15.8. The highest BCUT2D eigenvalue weighted by Gasteiger charge is 2.32. The zero-order chi connectivity index (χ0) is 25.1. The average molecular weight is 496 g/mol. The van der Waals surface area contributed by atoms with Gasteiger partial charge in [0.15, 0.2) is 9.84 Å². The third-order valence-electron chi connectivity index (χ3n) is 4.50. The highest BCUT2D eigenvalue weighted by molar-refractivity contribution is 7.90. The number of carbonyl (C=O) groups is 1. The normalized spacial score (nSPS) is 16.6. The Bertz CT molecular complexity index is 1160. The Morgan fingerprint density at radius 3 is 2.50 bits per heavy atom. The van der Waals surface area contributed by atoms with E-state index in [1.54, 1.807) is 20.8 Å². The van der Waals surface area contributed by atoms with Crippen molar-refractivity contribution >= 4 is 33.2 Å². The van der Waals surface area contributed by atoms with E-state index in [0.29, 0.717) is 18.7 Å². The van der Waals surface area contributed by atoms with Gasteiger partial charge in [0.2, 0.25) is 5.82 Å². The Morgan fingerprint density at radius 2 is 1.91 bits per heavy atom. The second kappa shape index (κ2) is 9.77. The molecular formula is C20H25N5O8S. The number of hydroxylamine groups is 2. The molecule has 1 fully saturated rings. The Hall–Kier alpha value is -3.52. The van der Waals surface area contributed by atoms with Gasteiger partial charge in [-0.25, -0.2) is 18.2 Å². The molecule has 13 nitrogen and oxygen atoms in total. The Kier molecular flexibility index (Phi) is 7.21. The highest BCUT2D eigenvalue weighted by atomic mass is 32.2. The minimum absolute atomic E-state index is 0.110. The van der Waals surface area contributed by atoms with E-state index in [1.165, 1.54) is 29.3 Å².